The molecule has 0 radical (unpaired) electrons. The molecule has 0 fully saturated rings. The fraction of sp³-hybridized carbons (Fsp3) is 0.250. The van der Waals surface area contributed by atoms with Crippen molar-refractivity contribution in [1.82, 2.24) is 0 Å². The average Bonchev–Trinajstić information content (AvgIpc) is 2.03. The zero-order valence-corrected chi connectivity index (χ0v) is 8.21. The van der Waals surface area contributed by atoms with E-state index in [1.54, 1.807) is 0 Å². The molecule has 0 spiro atoms. The molecule has 1 atom stereocenters. The molecule has 0 heterocycles. The number of nitrogen functional groups attached to an aromatic ring is 1. The van der Waals surface area contributed by atoms with Gasteiger partial charge in [0.25, 0.3) is 0 Å². The molecule has 0 aliphatic heterocycles. The number of halogens is 1. The number of rotatable bonds is 2. The van der Waals surface area contributed by atoms with Gasteiger partial charge in [-0.15, -0.1) is 0 Å². The van der Waals surface area contributed by atoms with Crippen LogP contribution < -0.4 is 17.2 Å². The second kappa shape index (κ2) is 3.89. The Kier molecular flexibility index (Phi) is 3.08. The fourth-order valence-corrected chi connectivity index (χ4v) is 1.74. The Balaban J connectivity index is 3.12. The van der Waals surface area contributed by atoms with Gasteiger partial charge in [0.05, 0.1) is 0 Å². The molecule has 66 valence electrons. The minimum absolute atomic E-state index is 0.194. The maximum absolute atomic E-state index is 5.76. The predicted octanol–water partition coefficient (Wildman–Crippen LogP) is 0.990. The molecule has 0 saturated carbocycles. The van der Waals surface area contributed by atoms with Gasteiger partial charge in [-0.2, -0.15) is 0 Å². The molecule has 1 aromatic carbocycles. The lowest BCUT2D eigenvalue weighted by molar-refractivity contribution is 0.736. The molecule has 1 aromatic rings. The van der Waals surface area contributed by atoms with Crippen LogP contribution in [0.4, 0.5) is 5.69 Å². The molecule has 12 heavy (non-hydrogen) atoms. The molecular weight excluding hydrogens is 218 g/mol. The summed E-state index contributed by atoms with van der Waals surface area (Å²) in [5.74, 6) is 0. The van der Waals surface area contributed by atoms with Crippen LogP contribution in [0, 0.1) is 0 Å². The third-order valence-electron chi connectivity index (χ3n) is 1.71. The zero-order chi connectivity index (χ0) is 9.14. The molecule has 0 amide bonds. The first-order valence-corrected chi connectivity index (χ1v) is 4.45. The molecule has 0 saturated heterocycles. The van der Waals surface area contributed by atoms with Crippen molar-refractivity contribution in [2.75, 3.05) is 12.3 Å². The van der Waals surface area contributed by atoms with Crippen LogP contribution in [0.1, 0.15) is 11.6 Å². The maximum Gasteiger partial charge on any atom is 0.0451 e. The van der Waals surface area contributed by atoms with Crippen molar-refractivity contribution < 1.29 is 0 Å². The highest BCUT2D eigenvalue weighted by Crippen LogP contribution is 2.26. The Morgan fingerprint density at radius 2 is 2.08 bits per heavy atom. The molecule has 0 bridgehead atoms. The molecule has 0 aromatic heterocycles. The topological polar surface area (TPSA) is 78.1 Å². The van der Waals surface area contributed by atoms with Crippen molar-refractivity contribution in [3.05, 3.63) is 28.2 Å². The molecule has 0 unspecified atom stereocenters. The summed E-state index contributed by atoms with van der Waals surface area (Å²) < 4.78 is 0.917. The van der Waals surface area contributed by atoms with Gasteiger partial charge < -0.3 is 17.2 Å². The summed E-state index contributed by atoms with van der Waals surface area (Å²) in [6.07, 6.45) is 0. The van der Waals surface area contributed by atoms with Gasteiger partial charge >= 0.3 is 0 Å². The molecule has 0 aliphatic carbocycles. The number of hydrogen-bond acceptors (Lipinski definition) is 3. The molecular formula is C8H12BrN3. The van der Waals surface area contributed by atoms with Crippen LogP contribution >= 0.6 is 15.9 Å². The Morgan fingerprint density at radius 1 is 1.42 bits per heavy atom. The third-order valence-corrected chi connectivity index (χ3v) is 2.40. The summed E-state index contributed by atoms with van der Waals surface area (Å²) in [5, 5.41) is 0. The van der Waals surface area contributed by atoms with E-state index in [1.165, 1.54) is 0 Å². The van der Waals surface area contributed by atoms with Crippen LogP contribution in [-0.2, 0) is 0 Å². The summed E-state index contributed by atoms with van der Waals surface area (Å²) in [6, 6.07) is 5.39. The molecule has 6 N–H and O–H groups in total. The first kappa shape index (κ1) is 9.51. The van der Waals surface area contributed by atoms with Gasteiger partial charge in [0.1, 0.15) is 0 Å². The van der Waals surface area contributed by atoms with Crippen molar-refractivity contribution in [3.63, 3.8) is 0 Å². The maximum atomic E-state index is 5.76. The van der Waals surface area contributed by atoms with Gasteiger partial charge in [0.2, 0.25) is 0 Å². The van der Waals surface area contributed by atoms with Crippen molar-refractivity contribution in [2.24, 2.45) is 11.5 Å². The van der Waals surface area contributed by atoms with Crippen LogP contribution in [0.25, 0.3) is 0 Å². The van der Waals surface area contributed by atoms with Crippen molar-refractivity contribution >= 4 is 21.6 Å². The van der Waals surface area contributed by atoms with Crippen molar-refractivity contribution in [2.45, 2.75) is 6.04 Å². The smallest absolute Gasteiger partial charge is 0.0451 e. The molecule has 4 heteroatoms. The highest BCUT2D eigenvalue weighted by Gasteiger charge is 2.10. The van der Waals surface area contributed by atoms with E-state index in [-0.39, 0.29) is 6.04 Å². The van der Waals surface area contributed by atoms with E-state index >= 15 is 0 Å². The van der Waals surface area contributed by atoms with Crippen molar-refractivity contribution in [3.8, 4) is 0 Å². The standard InChI is InChI=1S/C8H12BrN3/c9-5-2-1-3-6(11)8(5)7(12)4-10/h1-3,7H,4,10-12H2/t7-/m1/s1. The minimum Gasteiger partial charge on any atom is -0.398 e. The van der Waals surface area contributed by atoms with E-state index in [4.69, 9.17) is 17.2 Å². The Morgan fingerprint density at radius 3 is 2.58 bits per heavy atom. The molecule has 3 nitrogen and oxygen atoms in total. The van der Waals surface area contributed by atoms with E-state index in [2.05, 4.69) is 15.9 Å². The fourth-order valence-electron chi connectivity index (χ4n) is 1.06. The highest BCUT2D eigenvalue weighted by molar-refractivity contribution is 9.10. The zero-order valence-electron chi connectivity index (χ0n) is 6.63. The van der Waals surface area contributed by atoms with Gasteiger partial charge in [-0.05, 0) is 12.1 Å². The normalized spacial score (nSPS) is 12.9. The lowest BCUT2D eigenvalue weighted by Crippen LogP contribution is -2.22. The summed E-state index contributed by atoms with van der Waals surface area (Å²) in [4.78, 5) is 0. The summed E-state index contributed by atoms with van der Waals surface area (Å²) in [6.45, 7) is 0.396. The summed E-state index contributed by atoms with van der Waals surface area (Å²) >= 11 is 3.37. The molecule has 1 rings (SSSR count). The van der Waals surface area contributed by atoms with Crippen molar-refractivity contribution in [1.29, 1.82) is 0 Å². The number of benzene rings is 1. The highest BCUT2D eigenvalue weighted by atomic mass is 79.9. The van der Waals surface area contributed by atoms with Gasteiger partial charge in [-0.3, -0.25) is 0 Å². The lowest BCUT2D eigenvalue weighted by atomic mass is 10.1. The van der Waals surface area contributed by atoms with Gasteiger partial charge in [0.15, 0.2) is 0 Å². The SMILES string of the molecule is NC[C@@H](N)c1c(N)cccc1Br. The Labute approximate surface area is 80.0 Å². The van der Waals surface area contributed by atoms with Gasteiger partial charge in [0, 0.05) is 28.3 Å². The van der Waals surface area contributed by atoms with Crippen LogP contribution in [0.3, 0.4) is 0 Å². The van der Waals surface area contributed by atoms with Crippen LogP contribution in [0.15, 0.2) is 22.7 Å². The van der Waals surface area contributed by atoms with Crippen LogP contribution in [0.5, 0.6) is 0 Å². The van der Waals surface area contributed by atoms with Crippen LogP contribution in [-0.4, -0.2) is 6.54 Å². The second-order valence-electron chi connectivity index (χ2n) is 2.58. The van der Waals surface area contributed by atoms with Gasteiger partial charge in [-0.25, -0.2) is 0 Å². The van der Waals surface area contributed by atoms with Crippen LogP contribution in [0.2, 0.25) is 0 Å². The summed E-state index contributed by atoms with van der Waals surface area (Å²) in [7, 11) is 0. The number of hydrogen-bond donors (Lipinski definition) is 3. The third kappa shape index (κ3) is 1.77. The van der Waals surface area contributed by atoms with E-state index in [0.717, 1.165) is 10.0 Å². The predicted molar refractivity (Wildman–Crippen MR) is 54.5 cm³/mol. The monoisotopic (exact) mass is 229 g/mol. The number of anilines is 1. The first-order valence-electron chi connectivity index (χ1n) is 3.66. The Hall–Kier alpha value is -0.580. The second-order valence-corrected chi connectivity index (χ2v) is 3.44. The summed E-state index contributed by atoms with van der Waals surface area (Å²) in [5.41, 5.74) is 18.5. The van der Waals surface area contributed by atoms with E-state index in [1.807, 2.05) is 18.2 Å². The first-order chi connectivity index (χ1) is 5.66. The lowest BCUT2D eigenvalue weighted by Gasteiger charge is -2.13. The largest absolute Gasteiger partial charge is 0.398 e. The quantitative estimate of drug-likeness (QED) is 0.663. The van der Waals surface area contributed by atoms with E-state index in [9.17, 15) is 0 Å². The van der Waals surface area contributed by atoms with Gasteiger partial charge in [-0.1, -0.05) is 22.0 Å². The average molecular weight is 230 g/mol. The number of nitrogens with two attached hydrogens (primary N) is 3. The van der Waals surface area contributed by atoms with E-state index in [0.29, 0.717) is 12.2 Å². The van der Waals surface area contributed by atoms with E-state index < -0.39 is 0 Å². The Bertz CT molecular complexity index is 255. The molecule has 0 aliphatic rings. The minimum atomic E-state index is -0.194.